The minimum absolute atomic E-state index is 0.145. The predicted octanol–water partition coefficient (Wildman–Crippen LogP) is 3.95. The van der Waals surface area contributed by atoms with Crippen molar-refractivity contribution in [3.05, 3.63) is 64.6 Å². The molecule has 1 N–H and O–H groups in total. The van der Waals surface area contributed by atoms with Crippen LogP contribution in [-0.4, -0.2) is 29.4 Å². The molecule has 2 aromatic carbocycles. The smallest absolute Gasteiger partial charge is 0.276 e. The first kappa shape index (κ1) is 21.2. The second kappa shape index (κ2) is 8.26. The van der Waals surface area contributed by atoms with E-state index in [4.69, 9.17) is 0 Å². The molecule has 1 aliphatic carbocycles. The lowest BCUT2D eigenvalue weighted by Crippen LogP contribution is -2.28. The highest BCUT2D eigenvalue weighted by atomic mass is 32.2. The Morgan fingerprint density at radius 1 is 1.03 bits per heavy atom. The van der Waals surface area contributed by atoms with E-state index in [-0.39, 0.29) is 27.4 Å². The van der Waals surface area contributed by atoms with E-state index < -0.39 is 15.7 Å². The lowest BCUT2D eigenvalue weighted by Gasteiger charge is -2.14. The van der Waals surface area contributed by atoms with Crippen LogP contribution < -0.4 is 10.9 Å². The standard InChI is InChI=1S/C23H25N3O4S/c1-15(2)26-23(28)20-10-6-5-9-19(20)21(25-26)22(27)24-16-11-13-18(14-12-16)31(29,30)17-7-3-4-8-17/h5-6,9-15,17H,3-4,7-8H2,1-2H3,(H,24,27). The average molecular weight is 440 g/mol. The van der Waals surface area contributed by atoms with Crippen LogP contribution in [0.5, 0.6) is 0 Å². The molecule has 7 nitrogen and oxygen atoms in total. The predicted molar refractivity (Wildman–Crippen MR) is 120 cm³/mol. The Morgan fingerprint density at radius 2 is 1.65 bits per heavy atom. The van der Waals surface area contributed by atoms with E-state index in [1.54, 1.807) is 36.4 Å². The van der Waals surface area contributed by atoms with Crippen LogP contribution >= 0.6 is 0 Å². The number of hydrogen-bond donors (Lipinski definition) is 1. The van der Waals surface area contributed by atoms with Crippen molar-refractivity contribution in [3.8, 4) is 0 Å². The van der Waals surface area contributed by atoms with Crippen LogP contribution in [0.15, 0.2) is 58.2 Å². The Labute approximate surface area is 181 Å². The van der Waals surface area contributed by atoms with Crippen molar-refractivity contribution in [1.82, 2.24) is 9.78 Å². The molecule has 0 aliphatic heterocycles. The fourth-order valence-electron chi connectivity index (χ4n) is 4.03. The molecule has 0 bridgehead atoms. The maximum atomic E-state index is 13.0. The minimum Gasteiger partial charge on any atom is -0.321 e. The van der Waals surface area contributed by atoms with E-state index in [0.717, 1.165) is 12.8 Å². The molecule has 0 saturated heterocycles. The molecule has 8 heteroatoms. The molecule has 1 aliphatic rings. The molecule has 162 valence electrons. The third-order valence-corrected chi connectivity index (χ3v) is 7.99. The van der Waals surface area contributed by atoms with Gasteiger partial charge in [-0.3, -0.25) is 9.59 Å². The number of amides is 1. The molecular formula is C23H25N3O4S. The van der Waals surface area contributed by atoms with Gasteiger partial charge in [-0.2, -0.15) is 5.10 Å². The minimum atomic E-state index is -3.35. The van der Waals surface area contributed by atoms with Crippen molar-refractivity contribution < 1.29 is 13.2 Å². The zero-order chi connectivity index (χ0) is 22.2. The molecule has 0 unspecified atom stereocenters. The Balaban J connectivity index is 1.64. The molecule has 1 amide bonds. The Kier molecular flexibility index (Phi) is 5.66. The van der Waals surface area contributed by atoms with E-state index in [0.29, 0.717) is 29.3 Å². The van der Waals surface area contributed by atoms with E-state index in [1.807, 2.05) is 13.8 Å². The topological polar surface area (TPSA) is 98.1 Å². The van der Waals surface area contributed by atoms with Gasteiger partial charge in [0.25, 0.3) is 11.5 Å². The molecule has 1 heterocycles. The van der Waals surface area contributed by atoms with Gasteiger partial charge in [0.2, 0.25) is 0 Å². The Morgan fingerprint density at radius 3 is 2.26 bits per heavy atom. The van der Waals surface area contributed by atoms with Crippen LogP contribution in [0.25, 0.3) is 10.8 Å². The van der Waals surface area contributed by atoms with E-state index in [1.165, 1.54) is 16.8 Å². The third-order valence-electron chi connectivity index (χ3n) is 5.71. The number of benzene rings is 2. The van der Waals surface area contributed by atoms with Crippen LogP contribution in [0.3, 0.4) is 0 Å². The van der Waals surface area contributed by atoms with Gasteiger partial charge in [-0.1, -0.05) is 31.0 Å². The summed E-state index contributed by atoms with van der Waals surface area (Å²) in [6.45, 7) is 3.66. The second-order valence-electron chi connectivity index (χ2n) is 8.17. The first-order chi connectivity index (χ1) is 14.8. The summed E-state index contributed by atoms with van der Waals surface area (Å²) in [5, 5.41) is 7.65. The van der Waals surface area contributed by atoms with E-state index in [9.17, 15) is 18.0 Å². The summed E-state index contributed by atoms with van der Waals surface area (Å²) >= 11 is 0. The first-order valence-corrected chi connectivity index (χ1v) is 12.0. The number of carbonyl (C=O) groups excluding carboxylic acids is 1. The normalized spacial score (nSPS) is 14.9. The number of aromatic nitrogens is 2. The molecule has 0 spiro atoms. The zero-order valence-corrected chi connectivity index (χ0v) is 18.4. The van der Waals surface area contributed by atoms with Crippen LogP contribution in [0.4, 0.5) is 5.69 Å². The van der Waals surface area contributed by atoms with Gasteiger partial charge in [-0.05, 0) is 57.0 Å². The van der Waals surface area contributed by atoms with Crippen molar-refractivity contribution >= 4 is 32.2 Å². The lowest BCUT2D eigenvalue weighted by molar-refractivity contribution is 0.102. The number of carbonyl (C=O) groups is 1. The molecule has 1 fully saturated rings. The number of hydrogen-bond acceptors (Lipinski definition) is 5. The first-order valence-electron chi connectivity index (χ1n) is 10.5. The van der Waals surface area contributed by atoms with Gasteiger partial charge in [0.1, 0.15) is 0 Å². The molecule has 0 atom stereocenters. The quantitative estimate of drug-likeness (QED) is 0.649. The molecule has 4 rings (SSSR count). The fraction of sp³-hybridized carbons (Fsp3) is 0.348. The summed E-state index contributed by atoms with van der Waals surface area (Å²) in [7, 11) is -3.35. The van der Waals surface area contributed by atoms with E-state index in [2.05, 4.69) is 10.4 Å². The number of nitrogens with one attached hydrogen (secondary N) is 1. The number of fused-ring (bicyclic) bond motifs is 1. The fourth-order valence-corrected chi connectivity index (χ4v) is 5.89. The van der Waals surface area contributed by atoms with Gasteiger partial charge in [-0.25, -0.2) is 13.1 Å². The molecule has 1 aromatic heterocycles. The van der Waals surface area contributed by atoms with Gasteiger partial charge in [-0.15, -0.1) is 0 Å². The van der Waals surface area contributed by atoms with Crippen LogP contribution in [0.2, 0.25) is 0 Å². The molecular weight excluding hydrogens is 414 g/mol. The summed E-state index contributed by atoms with van der Waals surface area (Å²) < 4.78 is 26.8. The van der Waals surface area contributed by atoms with Gasteiger partial charge in [0.05, 0.1) is 21.6 Å². The zero-order valence-electron chi connectivity index (χ0n) is 17.5. The monoisotopic (exact) mass is 439 g/mol. The molecule has 1 saturated carbocycles. The molecule has 31 heavy (non-hydrogen) atoms. The van der Waals surface area contributed by atoms with Crippen molar-refractivity contribution in [2.24, 2.45) is 0 Å². The Bertz CT molecular complexity index is 1290. The van der Waals surface area contributed by atoms with Crippen molar-refractivity contribution in [3.63, 3.8) is 0 Å². The van der Waals surface area contributed by atoms with Crippen LogP contribution in [0, 0.1) is 0 Å². The summed E-state index contributed by atoms with van der Waals surface area (Å²) in [4.78, 5) is 25.9. The number of sulfone groups is 1. The van der Waals surface area contributed by atoms with Gasteiger partial charge in [0.15, 0.2) is 15.5 Å². The van der Waals surface area contributed by atoms with Crippen molar-refractivity contribution in [1.29, 1.82) is 0 Å². The van der Waals surface area contributed by atoms with Crippen LogP contribution in [0.1, 0.15) is 56.1 Å². The van der Waals surface area contributed by atoms with Gasteiger partial charge < -0.3 is 5.32 Å². The number of nitrogens with zero attached hydrogens (tertiary/aromatic N) is 2. The van der Waals surface area contributed by atoms with Crippen LogP contribution in [-0.2, 0) is 9.84 Å². The lowest BCUT2D eigenvalue weighted by atomic mass is 10.1. The average Bonchev–Trinajstić information content (AvgIpc) is 3.30. The highest BCUT2D eigenvalue weighted by molar-refractivity contribution is 7.92. The molecule has 0 radical (unpaired) electrons. The molecule has 3 aromatic rings. The van der Waals surface area contributed by atoms with Gasteiger partial charge >= 0.3 is 0 Å². The van der Waals surface area contributed by atoms with Gasteiger partial charge in [0, 0.05) is 11.1 Å². The summed E-state index contributed by atoms with van der Waals surface area (Å²) in [6.07, 6.45) is 3.28. The van der Waals surface area contributed by atoms with Crippen molar-refractivity contribution in [2.45, 2.75) is 55.7 Å². The highest BCUT2D eigenvalue weighted by Gasteiger charge is 2.30. The summed E-state index contributed by atoms with van der Waals surface area (Å²) in [5.74, 6) is -0.461. The maximum absolute atomic E-state index is 13.0. The highest BCUT2D eigenvalue weighted by Crippen LogP contribution is 2.30. The Hall–Kier alpha value is -3.00. The second-order valence-corrected chi connectivity index (χ2v) is 10.4. The SMILES string of the molecule is CC(C)n1nc(C(=O)Nc2ccc(S(=O)(=O)C3CCCC3)cc2)c2ccccc2c1=O. The number of rotatable bonds is 5. The van der Waals surface area contributed by atoms with Crippen molar-refractivity contribution in [2.75, 3.05) is 5.32 Å². The summed E-state index contributed by atoms with van der Waals surface area (Å²) in [5.41, 5.74) is 0.360. The maximum Gasteiger partial charge on any atom is 0.276 e. The van der Waals surface area contributed by atoms with E-state index >= 15 is 0 Å². The summed E-state index contributed by atoms with van der Waals surface area (Å²) in [6, 6.07) is 12.9. The third kappa shape index (κ3) is 3.99. The number of anilines is 1. The largest absolute Gasteiger partial charge is 0.321 e.